The van der Waals surface area contributed by atoms with E-state index in [0.717, 1.165) is 6.42 Å². The molecule has 2 nitrogen and oxygen atoms in total. The van der Waals surface area contributed by atoms with Crippen LogP contribution in [-0.2, 0) is 4.79 Å². The molecule has 0 aromatic heterocycles. The Balaban J connectivity index is 1.95. The normalized spacial score (nSPS) is 22.8. The van der Waals surface area contributed by atoms with E-state index in [2.05, 4.69) is 41.7 Å². The molecule has 0 unspecified atom stereocenters. The van der Waals surface area contributed by atoms with E-state index >= 15 is 0 Å². The van der Waals surface area contributed by atoms with Gasteiger partial charge in [-0.1, -0.05) is 60.7 Å². The van der Waals surface area contributed by atoms with Gasteiger partial charge < -0.3 is 5.32 Å². The topological polar surface area (TPSA) is 29.1 Å². The third-order valence-electron chi connectivity index (χ3n) is 3.79. The maximum atomic E-state index is 11.7. The predicted octanol–water partition coefficient (Wildman–Crippen LogP) is 3.42. The van der Waals surface area contributed by atoms with Crippen molar-refractivity contribution in [1.29, 1.82) is 0 Å². The van der Waals surface area contributed by atoms with Gasteiger partial charge in [-0.3, -0.25) is 4.79 Å². The van der Waals surface area contributed by atoms with Gasteiger partial charge in [0.05, 0.1) is 6.04 Å². The minimum atomic E-state index is 0.0878. The fraction of sp³-hybridized carbons (Fsp3) is 0.235. The zero-order valence-corrected chi connectivity index (χ0v) is 10.8. The van der Waals surface area contributed by atoms with Gasteiger partial charge in [0, 0.05) is 12.3 Å². The van der Waals surface area contributed by atoms with Gasteiger partial charge in [-0.15, -0.1) is 0 Å². The summed E-state index contributed by atoms with van der Waals surface area (Å²) < 4.78 is 0. The maximum Gasteiger partial charge on any atom is 0.220 e. The van der Waals surface area contributed by atoms with Gasteiger partial charge in [-0.2, -0.15) is 0 Å². The molecule has 19 heavy (non-hydrogen) atoms. The Kier molecular flexibility index (Phi) is 3.32. The maximum absolute atomic E-state index is 11.7. The van der Waals surface area contributed by atoms with Gasteiger partial charge in [0.15, 0.2) is 0 Å². The van der Waals surface area contributed by atoms with Crippen molar-refractivity contribution in [3.8, 4) is 0 Å². The van der Waals surface area contributed by atoms with Crippen LogP contribution in [0.25, 0.3) is 0 Å². The van der Waals surface area contributed by atoms with Crippen LogP contribution in [0.4, 0.5) is 0 Å². The molecule has 1 fully saturated rings. The van der Waals surface area contributed by atoms with Gasteiger partial charge in [0.25, 0.3) is 0 Å². The number of carbonyl (C=O) groups excluding carboxylic acids is 1. The molecule has 2 atom stereocenters. The van der Waals surface area contributed by atoms with Crippen LogP contribution >= 0.6 is 0 Å². The van der Waals surface area contributed by atoms with Crippen molar-refractivity contribution in [2.24, 2.45) is 0 Å². The molecule has 1 aliphatic heterocycles. The summed E-state index contributed by atoms with van der Waals surface area (Å²) in [5.41, 5.74) is 2.49. The van der Waals surface area contributed by atoms with Gasteiger partial charge >= 0.3 is 0 Å². The van der Waals surface area contributed by atoms with E-state index in [1.807, 2.05) is 24.3 Å². The molecule has 1 saturated heterocycles. The highest BCUT2D eigenvalue weighted by atomic mass is 16.1. The standard InChI is InChI=1S/C17H17NO/c19-16-12-11-15(13-7-3-1-4-8-13)17(18-16)14-9-5-2-6-10-14/h1-10,15,17H,11-12H2,(H,18,19)/t15-,17+/m1/s1. The Labute approximate surface area is 113 Å². The van der Waals surface area contributed by atoms with Crippen molar-refractivity contribution in [3.05, 3.63) is 71.8 Å². The predicted molar refractivity (Wildman–Crippen MR) is 75.7 cm³/mol. The van der Waals surface area contributed by atoms with Crippen LogP contribution in [-0.4, -0.2) is 5.91 Å². The molecule has 0 aliphatic carbocycles. The van der Waals surface area contributed by atoms with Crippen molar-refractivity contribution in [3.63, 3.8) is 0 Å². The van der Waals surface area contributed by atoms with E-state index in [0.29, 0.717) is 12.3 Å². The molecule has 1 N–H and O–H groups in total. The first kappa shape index (κ1) is 12.0. The quantitative estimate of drug-likeness (QED) is 0.870. The van der Waals surface area contributed by atoms with Crippen molar-refractivity contribution in [2.45, 2.75) is 24.8 Å². The second-order valence-electron chi connectivity index (χ2n) is 5.01. The Morgan fingerprint density at radius 3 is 2.05 bits per heavy atom. The lowest BCUT2D eigenvalue weighted by Crippen LogP contribution is -2.37. The van der Waals surface area contributed by atoms with E-state index in [4.69, 9.17) is 0 Å². The minimum absolute atomic E-state index is 0.0878. The highest BCUT2D eigenvalue weighted by Crippen LogP contribution is 2.37. The highest BCUT2D eigenvalue weighted by Gasteiger charge is 2.30. The van der Waals surface area contributed by atoms with E-state index in [1.165, 1.54) is 11.1 Å². The summed E-state index contributed by atoms with van der Waals surface area (Å²) in [6, 6.07) is 20.8. The van der Waals surface area contributed by atoms with Crippen LogP contribution in [0.1, 0.15) is 35.9 Å². The van der Waals surface area contributed by atoms with Crippen LogP contribution < -0.4 is 5.32 Å². The summed E-state index contributed by atoms with van der Waals surface area (Å²) in [7, 11) is 0. The molecular formula is C17H17NO. The molecule has 3 rings (SSSR count). The first-order valence-corrected chi connectivity index (χ1v) is 6.74. The third-order valence-corrected chi connectivity index (χ3v) is 3.79. The van der Waals surface area contributed by atoms with Crippen LogP contribution in [0.3, 0.4) is 0 Å². The molecular weight excluding hydrogens is 234 g/mol. The van der Waals surface area contributed by atoms with Gasteiger partial charge in [0.2, 0.25) is 5.91 Å². The van der Waals surface area contributed by atoms with Gasteiger partial charge in [0.1, 0.15) is 0 Å². The molecule has 0 bridgehead atoms. The molecule has 1 heterocycles. The van der Waals surface area contributed by atoms with Crippen LogP contribution in [0.5, 0.6) is 0 Å². The minimum Gasteiger partial charge on any atom is -0.349 e. The third kappa shape index (κ3) is 2.53. The highest BCUT2D eigenvalue weighted by molar-refractivity contribution is 5.77. The van der Waals surface area contributed by atoms with Crippen LogP contribution in [0.15, 0.2) is 60.7 Å². The number of benzene rings is 2. The molecule has 1 amide bonds. The smallest absolute Gasteiger partial charge is 0.220 e. The number of hydrogen-bond donors (Lipinski definition) is 1. The average Bonchev–Trinajstić information content (AvgIpc) is 2.49. The zero-order chi connectivity index (χ0) is 13.1. The fourth-order valence-corrected chi connectivity index (χ4v) is 2.83. The average molecular weight is 251 g/mol. The van der Waals surface area contributed by atoms with Crippen molar-refractivity contribution < 1.29 is 4.79 Å². The van der Waals surface area contributed by atoms with Gasteiger partial charge in [-0.05, 0) is 17.5 Å². The van der Waals surface area contributed by atoms with Gasteiger partial charge in [-0.25, -0.2) is 0 Å². The molecule has 0 spiro atoms. The van der Waals surface area contributed by atoms with Crippen molar-refractivity contribution in [1.82, 2.24) is 5.32 Å². The van der Waals surface area contributed by atoms with E-state index in [9.17, 15) is 4.79 Å². The molecule has 0 radical (unpaired) electrons. The molecule has 2 aromatic rings. The number of amides is 1. The Hall–Kier alpha value is -2.09. The zero-order valence-electron chi connectivity index (χ0n) is 10.8. The fourth-order valence-electron chi connectivity index (χ4n) is 2.83. The number of nitrogens with one attached hydrogen (secondary N) is 1. The van der Waals surface area contributed by atoms with Crippen molar-refractivity contribution in [2.75, 3.05) is 0 Å². The molecule has 2 heteroatoms. The number of hydrogen-bond acceptors (Lipinski definition) is 1. The first-order valence-electron chi connectivity index (χ1n) is 6.74. The lowest BCUT2D eigenvalue weighted by Gasteiger charge is -2.33. The number of rotatable bonds is 2. The van der Waals surface area contributed by atoms with E-state index < -0.39 is 0 Å². The summed E-state index contributed by atoms with van der Waals surface area (Å²) in [6.45, 7) is 0. The summed E-state index contributed by atoms with van der Waals surface area (Å²) >= 11 is 0. The summed E-state index contributed by atoms with van der Waals surface area (Å²) in [4.78, 5) is 11.7. The second-order valence-corrected chi connectivity index (χ2v) is 5.01. The van der Waals surface area contributed by atoms with E-state index in [-0.39, 0.29) is 11.9 Å². The summed E-state index contributed by atoms with van der Waals surface area (Å²) in [5, 5.41) is 3.14. The Morgan fingerprint density at radius 2 is 1.42 bits per heavy atom. The Bertz CT molecular complexity index is 550. The molecule has 1 aliphatic rings. The summed E-state index contributed by atoms with van der Waals surface area (Å²) in [5.74, 6) is 0.516. The lowest BCUT2D eigenvalue weighted by atomic mass is 9.81. The SMILES string of the molecule is O=C1CC[C@H](c2ccccc2)[C@H](c2ccccc2)N1. The van der Waals surface area contributed by atoms with Crippen LogP contribution in [0, 0.1) is 0 Å². The van der Waals surface area contributed by atoms with E-state index in [1.54, 1.807) is 0 Å². The number of piperidine rings is 1. The number of carbonyl (C=O) groups is 1. The lowest BCUT2D eigenvalue weighted by molar-refractivity contribution is -0.123. The summed E-state index contributed by atoms with van der Waals surface area (Å²) in [6.07, 6.45) is 1.53. The van der Waals surface area contributed by atoms with Crippen molar-refractivity contribution >= 4 is 5.91 Å². The van der Waals surface area contributed by atoms with Crippen LogP contribution in [0.2, 0.25) is 0 Å². The Morgan fingerprint density at radius 1 is 0.842 bits per heavy atom. The first-order chi connectivity index (χ1) is 9.34. The monoisotopic (exact) mass is 251 g/mol. The molecule has 2 aromatic carbocycles. The largest absolute Gasteiger partial charge is 0.349 e. The molecule has 0 saturated carbocycles. The second kappa shape index (κ2) is 5.27. The molecule has 96 valence electrons.